The Bertz CT molecular complexity index is 680. The number of H-pyrrole nitrogens is 1. The van der Waals surface area contributed by atoms with Crippen LogP contribution >= 0.6 is 11.3 Å². The Kier molecular flexibility index (Phi) is 4.32. The molecule has 0 aromatic carbocycles. The first-order valence-corrected chi connectivity index (χ1v) is 6.61. The molecule has 0 radical (unpaired) electrons. The van der Waals surface area contributed by atoms with Crippen LogP contribution in [-0.4, -0.2) is 11.0 Å². The number of rotatable bonds is 3. The van der Waals surface area contributed by atoms with Crippen LogP contribution in [0.1, 0.15) is 10.4 Å². The van der Waals surface area contributed by atoms with E-state index in [2.05, 4.69) is 10.6 Å². The summed E-state index contributed by atoms with van der Waals surface area (Å²) in [4.78, 5) is 25.8. The van der Waals surface area contributed by atoms with Crippen molar-refractivity contribution in [2.75, 3.05) is 5.32 Å². The van der Waals surface area contributed by atoms with Gasteiger partial charge in [0, 0.05) is 11.1 Å². The van der Waals surface area contributed by atoms with E-state index in [9.17, 15) is 22.8 Å². The lowest BCUT2D eigenvalue weighted by Gasteiger charge is -2.09. The summed E-state index contributed by atoms with van der Waals surface area (Å²) >= 11 is 1.42. The fourth-order valence-corrected chi connectivity index (χ4v) is 2.13. The summed E-state index contributed by atoms with van der Waals surface area (Å²) in [6, 6.07) is 3.43. The molecule has 0 spiro atoms. The Labute approximate surface area is 120 Å². The summed E-state index contributed by atoms with van der Waals surface area (Å²) < 4.78 is 37.6. The van der Waals surface area contributed by atoms with Gasteiger partial charge in [0.2, 0.25) is 0 Å². The van der Waals surface area contributed by atoms with Crippen molar-refractivity contribution >= 4 is 23.1 Å². The highest BCUT2D eigenvalue weighted by atomic mass is 32.1. The lowest BCUT2D eigenvalue weighted by molar-refractivity contribution is -0.137. The topological polar surface area (TPSA) is 74.0 Å². The molecule has 3 N–H and O–H groups in total. The zero-order chi connectivity index (χ0) is 15.5. The number of carbonyl (C=O) groups excluding carboxylic acids is 1. The third-order valence-corrected chi connectivity index (χ3v) is 3.36. The number of urea groups is 1. The molecule has 2 aromatic rings. The van der Waals surface area contributed by atoms with Crippen LogP contribution in [0.4, 0.5) is 23.7 Å². The average molecular weight is 317 g/mol. The molecule has 0 aliphatic heterocycles. The van der Waals surface area contributed by atoms with Crippen LogP contribution in [0, 0.1) is 0 Å². The minimum atomic E-state index is -4.60. The Morgan fingerprint density at radius 1 is 1.38 bits per heavy atom. The van der Waals surface area contributed by atoms with Crippen LogP contribution in [0.15, 0.2) is 34.6 Å². The van der Waals surface area contributed by atoms with Gasteiger partial charge in [-0.3, -0.25) is 4.79 Å². The summed E-state index contributed by atoms with van der Waals surface area (Å²) in [6.45, 7) is 0.223. The molecular formula is C12H10F3N3O2S. The van der Waals surface area contributed by atoms with Gasteiger partial charge in [0.15, 0.2) is 0 Å². The Balaban J connectivity index is 2.04. The molecule has 5 nitrogen and oxygen atoms in total. The molecule has 2 aromatic heterocycles. The third-order valence-electron chi connectivity index (χ3n) is 2.48. The van der Waals surface area contributed by atoms with Gasteiger partial charge in [-0.15, -0.1) is 11.3 Å². The summed E-state index contributed by atoms with van der Waals surface area (Å²) in [5.41, 5.74) is -2.32. The molecule has 0 atom stereocenters. The zero-order valence-electron chi connectivity index (χ0n) is 10.5. The van der Waals surface area contributed by atoms with E-state index < -0.39 is 29.0 Å². The maximum atomic E-state index is 12.5. The number of anilines is 1. The van der Waals surface area contributed by atoms with Gasteiger partial charge in [0.05, 0.1) is 12.1 Å². The molecule has 112 valence electrons. The molecule has 0 fully saturated rings. The van der Waals surface area contributed by atoms with E-state index in [0.29, 0.717) is 12.3 Å². The maximum Gasteiger partial charge on any atom is 0.417 e. The Morgan fingerprint density at radius 2 is 2.14 bits per heavy atom. The fourth-order valence-electron chi connectivity index (χ4n) is 1.49. The summed E-state index contributed by atoms with van der Waals surface area (Å²) in [5.74, 6) is 0. The second-order valence-electron chi connectivity index (χ2n) is 4.02. The number of amides is 2. The van der Waals surface area contributed by atoms with Crippen molar-refractivity contribution in [2.24, 2.45) is 0 Å². The predicted molar refractivity (Wildman–Crippen MR) is 72.2 cm³/mol. The highest BCUT2D eigenvalue weighted by Gasteiger charge is 2.31. The van der Waals surface area contributed by atoms with E-state index in [1.165, 1.54) is 11.3 Å². The molecule has 0 unspecified atom stereocenters. The second-order valence-corrected chi connectivity index (χ2v) is 5.05. The van der Waals surface area contributed by atoms with Crippen molar-refractivity contribution in [3.05, 3.63) is 50.6 Å². The average Bonchev–Trinajstić information content (AvgIpc) is 2.91. The first-order valence-electron chi connectivity index (χ1n) is 5.73. The van der Waals surface area contributed by atoms with Crippen molar-refractivity contribution in [3.63, 3.8) is 0 Å². The minimum absolute atomic E-state index is 0.223. The highest BCUT2D eigenvalue weighted by Crippen LogP contribution is 2.29. The number of hydrogen-bond acceptors (Lipinski definition) is 3. The van der Waals surface area contributed by atoms with Gasteiger partial charge in [0.1, 0.15) is 5.69 Å². The van der Waals surface area contributed by atoms with Gasteiger partial charge >= 0.3 is 12.2 Å². The SMILES string of the molecule is O=C(NCc1cccs1)Nc1cc(C(F)(F)F)c[nH]c1=O. The van der Waals surface area contributed by atoms with E-state index in [1.54, 1.807) is 12.1 Å². The first-order chi connectivity index (χ1) is 9.86. The van der Waals surface area contributed by atoms with Crippen molar-refractivity contribution in [3.8, 4) is 0 Å². The maximum absolute atomic E-state index is 12.5. The van der Waals surface area contributed by atoms with Crippen LogP contribution in [0.5, 0.6) is 0 Å². The molecule has 2 amide bonds. The number of aromatic nitrogens is 1. The predicted octanol–water partition coefficient (Wildman–Crippen LogP) is 2.78. The first kappa shape index (κ1) is 15.1. The third kappa shape index (κ3) is 4.09. The Hall–Kier alpha value is -2.29. The number of alkyl halides is 3. The summed E-state index contributed by atoms with van der Waals surface area (Å²) in [6.07, 6.45) is -4.05. The van der Waals surface area contributed by atoms with E-state index >= 15 is 0 Å². The van der Waals surface area contributed by atoms with Crippen molar-refractivity contribution in [1.82, 2.24) is 10.3 Å². The van der Waals surface area contributed by atoms with Gasteiger partial charge in [-0.1, -0.05) is 6.07 Å². The molecule has 0 aliphatic carbocycles. The lowest BCUT2D eigenvalue weighted by atomic mass is 10.2. The summed E-state index contributed by atoms with van der Waals surface area (Å²) in [5, 5.41) is 6.37. The van der Waals surface area contributed by atoms with Gasteiger partial charge in [-0.25, -0.2) is 4.79 Å². The van der Waals surface area contributed by atoms with E-state index in [-0.39, 0.29) is 6.54 Å². The highest BCUT2D eigenvalue weighted by molar-refractivity contribution is 7.09. The number of carbonyl (C=O) groups is 1. The molecule has 9 heteroatoms. The minimum Gasteiger partial charge on any atom is -0.333 e. The van der Waals surface area contributed by atoms with Crippen molar-refractivity contribution < 1.29 is 18.0 Å². The van der Waals surface area contributed by atoms with Gasteiger partial charge in [-0.05, 0) is 17.5 Å². The van der Waals surface area contributed by atoms with Crippen LogP contribution in [0.3, 0.4) is 0 Å². The molecule has 0 saturated carbocycles. The van der Waals surface area contributed by atoms with Gasteiger partial charge in [0.25, 0.3) is 5.56 Å². The van der Waals surface area contributed by atoms with Crippen LogP contribution in [0.25, 0.3) is 0 Å². The number of pyridine rings is 1. The van der Waals surface area contributed by atoms with Gasteiger partial charge < -0.3 is 15.6 Å². The van der Waals surface area contributed by atoms with Gasteiger partial charge in [-0.2, -0.15) is 13.2 Å². The van der Waals surface area contributed by atoms with E-state index in [4.69, 9.17) is 0 Å². The van der Waals surface area contributed by atoms with E-state index in [0.717, 1.165) is 4.88 Å². The normalized spacial score (nSPS) is 11.2. The monoisotopic (exact) mass is 317 g/mol. The molecule has 0 bridgehead atoms. The molecule has 21 heavy (non-hydrogen) atoms. The molecule has 2 heterocycles. The summed E-state index contributed by atoms with van der Waals surface area (Å²) in [7, 11) is 0. The van der Waals surface area contributed by atoms with Crippen molar-refractivity contribution in [1.29, 1.82) is 0 Å². The molecule has 2 rings (SSSR count). The smallest absolute Gasteiger partial charge is 0.333 e. The van der Waals surface area contributed by atoms with Crippen molar-refractivity contribution in [2.45, 2.75) is 12.7 Å². The standard InChI is InChI=1S/C12H10F3N3O2S/c13-12(14,15)7-4-9(10(19)16-5-7)18-11(20)17-6-8-2-1-3-21-8/h1-5H,6H2,(H,16,19)(H2,17,18,20). The molecular weight excluding hydrogens is 307 g/mol. The van der Waals surface area contributed by atoms with Crippen LogP contribution < -0.4 is 16.2 Å². The molecule has 0 saturated heterocycles. The second kappa shape index (κ2) is 6.00. The quantitative estimate of drug-likeness (QED) is 0.814. The number of thiophene rings is 1. The zero-order valence-corrected chi connectivity index (χ0v) is 11.3. The number of halogens is 3. The van der Waals surface area contributed by atoms with E-state index in [1.807, 2.05) is 10.4 Å². The number of hydrogen-bond donors (Lipinski definition) is 3. The largest absolute Gasteiger partial charge is 0.417 e. The number of aromatic amines is 1. The molecule has 0 aliphatic rings. The fraction of sp³-hybridized carbons (Fsp3) is 0.167. The lowest BCUT2D eigenvalue weighted by Crippen LogP contribution is -2.30. The van der Waals surface area contributed by atoms with Crippen LogP contribution in [0.2, 0.25) is 0 Å². The van der Waals surface area contributed by atoms with Crippen LogP contribution in [-0.2, 0) is 12.7 Å². The number of nitrogens with one attached hydrogen (secondary N) is 3. The Morgan fingerprint density at radius 3 is 2.76 bits per heavy atom.